The first-order valence-electron chi connectivity index (χ1n) is 10.8. The second-order valence-corrected chi connectivity index (χ2v) is 7.72. The molecule has 0 heterocycles. The lowest BCUT2D eigenvalue weighted by Gasteiger charge is -2.14. The van der Waals surface area contributed by atoms with Crippen LogP contribution in [-0.2, 0) is 9.59 Å². The number of hydrogen-bond acceptors (Lipinski definition) is 7. The number of hydrogen-bond donors (Lipinski definition) is 2. The van der Waals surface area contributed by atoms with Crippen molar-refractivity contribution in [2.45, 2.75) is 6.92 Å². The molecular formula is C26H22N4O7. The molecule has 0 aliphatic heterocycles. The zero-order valence-electron chi connectivity index (χ0n) is 19.8. The summed E-state index contributed by atoms with van der Waals surface area (Å²) in [7, 11) is 1.41. The second-order valence-electron chi connectivity index (χ2n) is 7.72. The maximum absolute atomic E-state index is 12.4. The molecule has 3 aromatic rings. The van der Waals surface area contributed by atoms with E-state index in [-0.39, 0.29) is 11.4 Å². The van der Waals surface area contributed by atoms with Crippen molar-refractivity contribution in [3.63, 3.8) is 0 Å². The van der Waals surface area contributed by atoms with Gasteiger partial charge in [-0.2, -0.15) is 0 Å². The molecule has 0 aliphatic carbocycles. The Balaban J connectivity index is 1.70. The standard InChI is InChI=1S/C26H22N4O7/c1-17-13-23(28-26(32)12-10-19-6-4-8-21(15-19)30(35)36)24(37-2)16-22(17)27-25(31)11-9-18-5-3-7-20(14-18)29(33)34/h3-16H,1-2H3,(H,27,31)(H,28,32). The van der Waals surface area contributed by atoms with Gasteiger partial charge in [-0.15, -0.1) is 0 Å². The number of rotatable bonds is 9. The average molecular weight is 502 g/mol. The van der Waals surface area contributed by atoms with Crippen molar-refractivity contribution in [1.82, 2.24) is 0 Å². The topological polar surface area (TPSA) is 154 Å². The Morgan fingerprint density at radius 1 is 0.784 bits per heavy atom. The lowest BCUT2D eigenvalue weighted by molar-refractivity contribution is -0.385. The summed E-state index contributed by atoms with van der Waals surface area (Å²) in [5.41, 5.74) is 2.25. The van der Waals surface area contributed by atoms with Crippen LogP contribution in [0, 0.1) is 27.2 Å². The summed E-state index contributed by atoms with van der Waals surface area (Å²) in [6, 6.07) is 14.9. The molecule has 0 saturated heterocycles. The first-order valence-corrected chi connectivity index (χ1v) is 10.8. The van der Waals surface area contributed by atoms with Crippen LogP contribution >= 0.6 is 0 Å². The number of carbonyl (C=O) groups excluding carboxylic acids is 2. The third kappa shape index (κ3) is 7.33. The van der Waals surface area contributed by atoms with Gasteiger partial charge in [-0.25, -0.2) is 0 Å². The molecule has 0 unspecified atom stereocenters. The predicted octanol–water partition coefficient (Wildman–Crippen LogP) is 5.12. The first-order chi connectivity index (χ1) is 17.7. The van der Waals surface area contributed by atoms with E-state index in [2.05, 4.69) is 10.6 Å². The summed E-state index contributed by atoms with van der Waals surface area (Å²) in [6.07, 6.45) is 5.39. The van der Waals surface area contributed by atoms with E-state index in [4.69, 9.17) is 4.74 Å². The minimum atomic E-state index is -0.519. The van der Waals surface area contributed by atoms with Gasteiger partial charge in [-0.3, -0.25) is 29.8 Å². The van der Waals surface area contributed by atoms with Gasteiger partial charge in [0, 0.05) is 48.2 Å². The van der Waals surface area contributed by atoms with Gasteiger partial charge in [0.25, 0.3) is 11.4 Å². The number of carbonyl (C=O) groups is 2. The van der Waals surface area contributed by atoms with E-state index in [9.17, 15) is 29.8 Å². The van der Waals surface area contributed by atoms with Crippen molar-refractivity contribution in [2.75, 3.05) is 17.7 Å². The van der Waals surface area contributed by atoms with Gasteiger partial charge in [0.15, 0.2) is 0 Å². The molecule has 2 amide bonds. The van der Waals surface area contributed by atoms with Crippen molar-refractivity contribution >= 4 is 46.7 Å². The molecule has 0 radical (unpaired) electrons. The van der Waals surface area contributed by atoms with Crippen LogP contribution < -0.4 is 15.4 Å². The zero-order chi connectivity index (χ0) is 26.9. The average Bonchev–Trinajstić information content (AvgIpc) is 2.88. The van der Waals surface area contributed by atoms with Gasteiger partial charge in [-0.1, -0.05) is 24.3 Å². The molecular weight excluding hydrogens is 480 g/mol. The Morgan fingerprint density at radius 3 is 1.73 bits per heavy atom. The Morgan fingerprint density at radius 2 is 1.27 bits per heavy atom. The molecule has 11 nitrogen and oxygen atoms in total. The van der Waals surface area contributed by atoms with E-state index in [1.54, 1.807) is 31.2 Å². The molecule has 37 heavy (non-hydrogen) atoms. The third-order valence-corrected chi connectivity index (χ3v) is 5.08. The highest BCUT2D eigenvalue weighted by Crippen LogP contribution is 2.31. The summed E-state index contributed by atoms with van der Waals surface area (Å²) in [4.78, 5) is 45.6. The summed E-state index contributed by atoms with van der Waals surface area (Å²) in [5.74, 6) is -0.658. The van der Waals surface area contributed by atoms with Crippen molar-refractivity contribution in [3.05, 3.63) is 110 Å². The minimum absolute atomic E-state index is 0.0827. The number of nitro benzene ring substituents is 2. The molecule has 11 heteroatoms. The molecule has 0 aromatic heterocycles. The van der Waals surface area contributed by atoms with E-state index < -0.39 is 21.7 Å². The number of benzene rings is 3. The lowest BCUT2D eigenvalue weighted by atomic mass is 10.1. The van der Waals surface area contributed by atoms with Crippen molar-refractivity contribution in [3.8, 4) is 5.75 Å². The number of nitrogens with one attached hydrogen (secondary N) is 2. The monoisotopic (exact) mass is 502 g/mol. The molecule has 3 rings (SSSR count). The highest BCUT2D eigenvalue weighted by molar-refractivity contribution is 6.05. The number of ether oxygens (including phenoxy) is 1. The molecule has 0 fully saturated rings. The van der Waals surface area contributed by atoms with Crippen LogP contribution in [0.5, 0.6) is 5.75 Å². The Kier molecular flexibility index (Phi) is 8.45. The molecule has 0 saturated carbocycles. The molecule has 2 N–H and O–H groups in total. The van der Waals surface area contributed by atoms with Crippen molar-refractivity contribution in [2.24, 2.45) is 0 Å². The molecule has 0 bridgehead atoms. The maximum atomic E-state index is 12.4. The third-order valence-electron chi connectivity index (χ3n) is 5.08. The van der Waals surface area contributed by atoms with Crippen LogP contribution in [0.25, 0.3) is 12.2 Å². The lowest BCUT2D eigenvalue weighted by Crippen LogP contribution is -2.12. The van der Waals surface area contributed by atoms with Crippen molar-refractivity contribution in [1.29, 1.82) is 0 Å². The Labute approximate surface area is 211 Å². The van der Waals surface area contributed by atoms with Gasteiger partial charge >= 0.3 is 0 Å². The van der Waals surface area contributed by atoms with E-state index >= 15 is 0 Å². The number of anilines is 2. The molecule has 0 spiro atoms. The van der Waals surface area contributed by atoms with E-state index in [1.165, 1.54) is 67.8 Å². The minimum Gasteiger partial charge on any atom is -0.494 e. The van der Waals surface area contributed by atoms with Gasteiger partial charge in [0.1, 0.15) is 5.75 Å². The Hall–Kier alpha value is -5.32. The zero-order valence-corrected chi connectivity index (χ0v) is 19.8. The molecule has 3 aromatic carbocycles. The summed E-state index contributed by atoms with van der Waals surface area (Å²) < 4.78 is 5.35. The van der Waals surface area contributed by atoms with Gasteiger partial charge in [0.05, 0.1) is 22.6 Å². The van der Waals surface area contributed by atoms with Crippen LogP contribution in [0.4, 0.5) is 22.7 Å². The molecule has 188 valence electrons. The van der Waals surface area contributed by atoms with Gasteiger partial charge < -0.3 is 15.4 Å². The van der Waals surface area contributed by atoms with Crippen LogP contribution in [0.15, 0.2) is 72.8 Å². The normalized spacial score (nSPS) is 10.9. The smallest absolute Gasteiger partial charge is 0.270 e. The fourth-order valence-electron chi connectivity index (χ4n) is 3.27. The van der Waals surface area contributed by atoms with Crippen molar-refractivity contribution < 1.29 is 24.2 Å². The van der Waals surface area contributed by atoms with Crippen LogP contribution in [-0.4, -0.2) is 28.8 Å². The first kappa shape index (κ1) is 26.3. The van der Waals surface area contributed by atoms with E-state index in [1.807, 2.05) is 0 Å². The summed E-state index contributed by atoms with van der Waals surface area (Å²) in [6.45, 7) is 1.73. The predicted molar refractivity (Wildman–Crippen MR) is 139 cm³/mol. The molecule has 0 aliphatic rings. The largest absolute Gasteiger partial charge is 0.494 e. The maximum Gasteiger partial charge on any atom is 0.270 e. The number of non-ortho nitro benzene ring substituents is 2. The number of methoxy groups -OCH3 is 1. The number of nitro groups is 2. The second kappa shape index (κ2) is 11.9. The fourth-order valence-corrected chi connectivity index (χ4v) is 3.27. The summed E-state index contributed by atoms with van der Waals surface area (Å²) in [5, 5.41) is 27.2. The van der Waals surface area contributed by atoms with Crippen LogP contribution in [0.1, 0.15) is 16.7 Å². The van der Waals surface area contributed by atoms with Gasteiger partial charge in [0.2, 0.25) is 11.8 Å². The van der Waals surface area contributed by atoms with E-state index in [0.717, 1.165) is 0 Å². The number of nitrogens with zero attached hydrogens (tertiary/aromatic N) is 2. The van der Waals surface area contributed by atoms with E-state index in [0.29, 0.717) is 33.8 Å². The van der Waals surface area contributed by atoms with Crippen LogP contribution in [0.3, 0.4) is 0 Å². The Bertz CT molecular complexity index is 1430. The highest BCUT2D eigenvalue weighted by Gasteiger charge is 2.12. The van der Waals surface area contributed by atoms with Gasteiger partial charge in [-0.05, 0) is 41.8 Å². The van der Waals surface area contributed by atoms with Crippen LogP contribution in [0.2, 0.25) is 0 Å². The highest BCUT2D eigenvalue weighted by atomic mass is 16.6. The fraction of sp³-hybridized carbons (Fsp3) is 0.0769. The quantitative estimate of drug-likeness (QED) is 0.234. The number of amides is 2. The SMILES string of the molecule is COc1cc(NC(=O)C=Cc2cccc([N+](=O)[O-])c2)c(C)cc1NC(=O)C=Cc1cccc([N+](=O)[O-])c1. The number of aryl methyl sites for hydroxylation is 1. The summed E-state index contributed by atoms with van der Waals surface area (Å²) >= 11 is 0. The molecule has 0 atom stereocenters.